The van der Waals surface area contributed by atoms with Crippen molar-refractivity contribution in [3.05, 3.63) is 30.1 Å². The van der Waals surface area contributed by atoms with Crippen molar-refractivity contribution in [1.29, 1.82) is 0 Å². The third-order valence-corrected chi connectivity index (χ3v) is 4.06. The van der Waals surface area contributed by atoms with Gasteiger partial charge in [0.1, 0.15) is 11.6 Å². The number of nitrogens with zero attached hydrogens (tertiary/aromatic N) is 1. The molecule has 3 nitrogen and oxygen atoms in total. The first-order chi connectivity index (χ1) is 8.69. The molecule has 1 heterocycles. The molecule has 0 saturated carbocycles. The van der Waals surface area contributed by atoms with Gasteiger partial charge < -0.3 is 9.64 Å². The SMILES string of the molecule is CS[C@H]1CCN(C(=O)COc2ccc(F)cc2)C1. The van der Waals surface area contributed by atoms with Gasteiger partial charge in [-0.15, -0.1) is 0 Å². The fourth-order valence-electron chi connectivity index (χ4n) is 1.91. The quantitative estimate of drug-likeness (QED) is 0.839. The summed E-state index contributed by atoms with van der Waals surface area (Å²) in [4.78, 5) is 13.7. The zero-order valence-corrected chi connectivity index (χ0v) is 11.1. The predicted molar refractivity (Wildman–Crippen MR) is 70.4 cm³/mol. The summed E-state index contributed by atoms with van der Waals surface area (Å²) in [5.41, 5.74) is 0. The lowest BCUT2D eigenvalue weighted by Gasteiger charge is -2.16. The van der Waals surface area contributed by atoms with E-state index in [0.717, 1.165) is 19.5 Å². The average molecular weight is 269 g/mol. The molecule has 1 aliphatic rings. The smallest absolute Gasteiger partial charge is 0.260 e. The molecule has 98 valence electrons. The van der Waals surface area contributed by atoms with Gasteiger partial charge >= 0.3 is 0 Å². The number of ether oxygens (including phenoxy) is 1. The number of hydrogen-bond donors (Lipinski definition) is 0. The van der Waals surface area contributed by atoms with E-state index in [1.807, 2.05) is 4.90 Å². The Morgan fingerprint density at radius 3 is 2.83 bits per heavy atom. The number of likely N-dealkylation sites (tertiary alicyclic amines) is 1. The fraction of sp³-hybridized carbons (Fsp3) is 0.462. The van der Waals surface area contributed by atoms with Crippen LogP contribution in [0.5, 0.6) is 5.75 Å². The largest absolute Gasteiger partial charge is 0.484 e. The van der Waals surface area contributed by atoms with E-state index < -0.39 is 0 Å². The molecule has 5 heteroatoms. The second-order valence-electron chi connectivity index (χ2n) is 4.23. The Morgan fingerprint density at radius 1 is 1.50 bits per heavy atom. The normalized spacial score (nSPS) is 19.0. The molecule has 0 aliphatic carbocycles. The second kappa shape index (κ2) is 6.09. The fourth-order valence-corrected chi connectivity index (χ4v) is 2.58. The van der Waals surface area contributed by atoms with Gasteiger partial charge in [0.05, 0.1) is 0 Å². The molecule has 1 saturated heterocycles. The van der Waals surface area contributed by atoms with Gasteiger partial charge in [-0.25, -0.2) is 4.39 Å². The van der Waals surface area contributed by atoms with Gasteiger partial charge in [-0.3, -0.25) is 4.79 Å². The molecular weight excluding hydrogens is 253 g/mol. The molecule has 2 rings (SSSR count). The Balaban J connectivity index is 1.80. The van der Waals surface area contributed by atoms with Gasteiger partial charge in [-0.1, -0.05) is 0 Å². The molecule has 0 unspecified atom stereocenters. The molecule has 0 aromatic heterocycles. The van der Waals surface area contributed by atoms with Crippen LogP contribution in [-0.2, 0) is 4.79 Å². The van der Waals surface area contributed by atoms with Crippen molar-refractivity contribution >= 4 is 17.7 Å². The zero-order valence-electron chi connectivity index (χ0n) is 10.3. The van der Waals surface area contributed by atoms with Crippen molar-refractivity contribution in [2.45, 2.75) is 11.7 Å². The van der Waals surface area contributed by atoms with E-state index in [-0.39, 0.29) is 18.3 Å². The van der Waals surface area contributed by atoms with Crippen LogP contribution in [0.1, 0.15) is 6.42 Å². The molecule has 1 fully saturated rings. The number of carbonyl (C=O) groups excluding carboxylic acids is 1. The maximum absolute atomic E-state index is 12.7. The summed E-state index contributed by atoms with van der Waals surface area (Å²) >= 11 is 1.79. The number of halogens is 1. The Morgan fingerprint density at radius 2 is 2.22 bits per heavy atom. The Kier molecular flexibility index (Phi) is 4.47. The Bertz CT molecular complexity index is 410. The highest BCUT2D eigenvalue weighted by Gasteiger charge is 2.25. The van der Waals surface area contributed by atoms with Crippen molar-refractivity contribution in [2.75, 3.05) is 26.0 Å². The maximum atomic E-state index is 12.7. The van der Waals surface area contributed by atoms with Crippen LogP contribution in [0, 0.1) is 5.82 Å². The van der Waals surface area contributed by atoms with E-state index in [4.69, 9.17) is 4.74 Å². The van der Waals surface area contributed by atoms with Gasteiger partial charge in [-0.05, 0) is 36.9 Å². The number of thioether (sulfide) groups is 1. The first-order valence-corrected chi connectivity index (χ1v) is 7.17. The molecule has 0 N–H and O–H groups in total. The first-order valence-electron chi connectivity index (χ1n) is 5.88. The summed E-state index contributed by atoms with van der Waals surface area (Å²) in [5, 5.41) is 0.541. The van der Waals surface area contributed by atoms with E-state index in [2.05, 4.69) is 6.26 Å². The van der Waals surface area contributed by atoms with Crippen molar-refractivity contribution in [3.63, 3.8) is 0 Å². The van der Waals surface area contributed by atoms with Crippen LogP contribution in [-0.4, -0.2) is 42.0 Å². The van der Waals surface area contributed by atoms with Crippen LogP contribution >= 0.6 is 11.8 Å². The molecule has 0 bridgehead atoms. The number of hydrogen-bond acceptors (Lipinski definition) is 3. The van der Waals surface area contributed by atoms with E-state index in [1.54, 1.807) is 11.8 Å². The highest BCUT2D eigenvalue weighted by molar-refractivity contribution is 7.99. The number of carbonyl (C=O) groups is 1. The minimum atomic E-state index is -0.309. The van der Waals surface area contributed by atoms with Crippen LogP contribution in [0.4, 0.5) is 4.39 Å². The molecule has 1 aromatic carbocycles. The van der Waals surface area contributed by atoms with E-state index in [0.29, 0.717) is 11.0 Å². The lowest BCUT2D eigenvalue weighted by molar-refractivity contribution is -0.132. The summed E-state index contributed by atoms with van der Waals surface area (Å²) in [6.07, 6.45) is 3.11. The molecular formula is C13H16FNO2S. The van der Waals surface area contributed by atoms with Crippen molar-refractivity contribution in [3.8, 4) is 5.75 Å². The standard InChI is InChI=1S/C13H16FNO2S/c1-18-12-6-7-15(8-12)13(16)9-17-11-4-2-10(14)3-5-11/h2-5,12H,6-9H2,1H3/t12-/m0/s1. The van der Waals surface area contributed by atoms with Crippen LogP contribution in [0.2, 0.25) is 0 Å². The lowest BCUT2D eigenvalue weighted by atomic mass is 10.3. The number of rotatable bonds is 4. The molecule has 1 aromatic rings. The third-order valence-electron chi connectivity index (χ3n) is 3.01. The summed E-state index contributed by atoms with van der Waals surface area (Å²) in [6, 6.07) is 5.69. The predicted octanol–water partition coefficient (Wildman–Crippen LogP) is 2.17. The first kappa shape index (κ1) is 13.2. The molecule has 0 spiro atoms. The van der Waals surface area contributed by atoms with Crippen LogP contribution in [0.25, 0.3) is 0 Å². The van der Waals surface area contributed by atoms with Crippen LogP contribution in [0.3, 0.4) is 0 Å². The van der Waals surface area contributed by atoms with E-state index in [9.17, 15) is 9.18 Å². The van der Waals surface area contributed by atoms with E-state index in [1.165, 1.54) is 24.3 Å². The van der Waals surface area contributed by atoms with E-state index >= 15 is 0 Å². The summed E-state index contributed by atoms with van der Waals surface area (Å²) in [5.74, 6) is 0.206. The second-order valence-corrected chi connectivity index (χ2v) is 5.37. The van der Waals surface area contributed by atoms with Gasteiger partial charge in [0.2, 0.25) is 0 Å². The number of amides is 1. The van der Waals surface area contributed by atoms with Gasteiger partial charge in [-0.2, -0.15) is 11.8 Å². The van der Waals surface area contributed by atoms with Crippen molar-refractivity contribution in [1.82, 2.24) is 4.90 Å². The van der Waals surface area contributed by atoms with Gasteiger partial charge in [0, 0.05) is 18.3 Å². The summed E-state index contributed by atoms with van der Waals surface area (Å²) in [7, 11) is 0. The monoisotopic (exact) mass is 269 g/mol. The molecule has 0 radical (unpaired) electrons. The summed E-state index contributed by atoms with van der Waals surface area (Å²) in [6.45, 7) is 1.62. The summed E-state index contributed by atoms with van der Waals surface area (Å²) < 4.78 is 18.0. The average Bonchev–Trinajstić information content (AvgIpc) is 2.86. The lowest BCUT2D eigenvalue weighted by Crippen LogP contribution is -2.33. The highest BCUT2D eigenvalue weighted by atomic mass is 32.2. The maximum Gasteiger partial charge on any atom is 0.260 e. The molecule has 1 amide bonds. The molecule has 18 heavy (non-hydrogen) atoms. The minimum Gasteiger partial charge on any atom is -0.484 e. The molecule has 1 aliphatic heterocycles. The minimum absolute atomic E-state index is 0.00382. The zero-order chi connectivity index (χ0) is 13.0. The van der Waals surface area contributed by atoms with Crippen molar-refractivity contribution in [2.24, 2.45) is 0 Å². The Labute approximate surface area is 110 Å². The van der Waals surface area contributed by atoms with Crippen LogP contribution in [0.15, 0.2) is 24.3 Å². The van der Waals surface area contributed by atoms with Gasteiger partial charge in [0.15, 0.2) is 6.61 Å². The number of benzene rings is 1. The van der Waals surface area contributed by atoms with Gasteiger partial charge in [0.25, 0.3) is 5.91 Å². The van der Waals surface area contributed by atoms with Crippen LogP contribution < -0.4 is 4.74 Å². The topological polar surface area (TPSA) is 29.5 Å². The van der Waals surface area contributed by atoms with Crippen molar-refractivity contribution < 1.29 is 13.9 Å². The highest BCUT2D eigenvalue weighted by Crippen LogP contribution is 2.20. The third kappa shape index (κ3) is 3.38. The molecule has 1 atom stereocenters. The Hall–Kier alpha value is -1.23.